The molecule has 13 heavy (non-hydrogen) atoms. The van der Waals surface area contributed by atoms with Gasteiger partial charge in [-0.15, -0.1) is 0 Å². The number of carbonyl (C=O) groups is 1. The monoisotopic (exact) mass is 199 g/mol. The van der Waals surface area contributed by atoms with Crippen LogP contribution in [0.15, 0.2) is 0 Å². The lowest BCUT2D eigenvalue weighted by atomic mass is 10.3. The summed E-state index contributed by atoms with van der Waals surface area (Å²) in [5.74, 6) is 0.617. The molecular formula is C7H9N3O2S. The van der Waals surface area contributed by atoms with E-state index in [1.54, 1.807) is 6.92 Å². The number of hydrogen-bond donors (Lipinski definition) is 1. The lowest BCUT2D eigenvalue weighted by molar-refractivity contribution is -0.124. The zero-order valence-corrected chi connectivity index (χ0v) is 7.93. The van der Waals surface area contributed by atoms with Crippen molar-refractivity contribution in [2.45, 2.75) is 19.4 Å². The largest absolute Gasteiger partial charge is 0.455 e. The first-order chi connectivity index (χ1) is 6.25. The van der Waals surface area contributed by atoms with E-state index in [-0.39, 0.29) is 12.0 Å². The second kappa shape index (κ2) is 3.29. The molecule has 1 fully saturated rings. The van der Waals surface area contributed by atoms with Crippen LogP contribution in [0.25, 0.3) is 0 Å². The van der Waals surface area contributed by atoms with Gasteiger partial charge in [-0.25, -0.2) is 0 Å². The Balaban J connectivity index is 2.01. The Labute approximate surface area is 79.3 Å². The predicted molar refractivity (Wildman–Crippen MR) is 46.7 cm³/mol. The van der Waals surface area contributed by atoms with Crippen molar-refractivity contribution in [3.8, 4) is 5.19 Å². The standard InChI is InChI=1S/C7H9N3O2S/c1-4-9-7(13-10-4)12-5-2-3-8-6(5)11/h5H,2-3H2,1H3,(H,8,11). The molecule has 5 nitrogen and oxygen atoms in total. The van der Waals surface area contributed by atoms with Crippen LogP contribution in [0.1, 0.15) is 12.2 Å². The molecule has 1 aromatic heterocycles. The summed E-state index contributed by atoms with van der Waals surface area (Å²) in [6, 6.07) is 0. The third kappa shape index (κ3) is 1.77. The maximum atomic E-state index is 11.1. The molecule has 6 heteroatoms. The predicted octanol–water partition coefficient (Wildman–Crippen LogP) is 0.114. The second-order valence-electron chi connectivity index (χ2n) is 2.79. The number of aryl methyl sites for hydroxylation is 1. The van der Waals surface area contributed by atoms with Crippen LogP contribution in [0.4, 0.5) is 0 Å². The number of rotatable bonds is 2. The summed E-state index contributed by atoms with van der Waals surface area (Å²) in [4.78, 5) is 15.1. The van der Waals surface area contributed by atoms with Gasteiger partial charge < -0.3 is 10.1 Å². The molecule has 2 rings (SSSR count). The molecule has 0 bridgehead atoms. The van der Waals surface area contributed by atoms with E-state index >= 15 is 0 Å². The van der Waals surface area contributed by atoms with Gasteiger partial charge in [0, 0.05) is 24.5 Å². The molecule has 1 aliphatic heterocycles. The Hall–Kier alpha value is -1.17. The molecule has 1 saturated heterocycles. The number of ether oxygens (including phenoxy) is 1. The zero-order chi connectivity index (χ0) is 9.26. The molecule has 70 valence electrons. The van der Waals surface area contributed by atoms with Crippen molar-refractivity contribution in [2.75, 3.05) is 6.54 Å². The van der Waals surface area contributed by atoms with Crippen LogP contribution in [-0.2, 0) is 4.79 Å². The quantitative estimate of drug-likeness (QED) is 0.734. The molecule has 0 spiro atoms. The third-order valence-corrected chi connectivity index (χ3v) is 2.45. The highest BCUT2D eigenvalue weighted by molar-refractivity contribution is 7.07. The van der Waals surface area contributed by atoms with Crippen LogP contribution in [-0.4, -0.2) is 27.9 Å². The average Bonchev–Trinajstić information content (AvgIpc) is 2.64. The fourth-order valence-corrected chi connectivity index (χ4v) is 1.71. The van der Waals surface area contributed by atoms with E-state index in [2.05, 4.69) is 14.7 Å². The first-order valence-electron chi connectivity index (χ1n) is 4.00. The van der Waals surface area contributed by atoms with Gasteiger partial charge in [0.2, 0.25) is 0 Å². The van der Waals surface area contributed by atoms with E-state index < -0.39 is 0 Å². The van der Waals surface area contributed by atoms with E-state index in [1.165, 1.54) is 11.5 Å². The van der Waals surface area contributed by atoms with Gasteiger partial charge in [0.05, 0.1) is 0 Å². The van der Waals surface area contributed by atoms with Crippen LogP contribution < -0.4 is 10.1 Å². The van der Waals surface area contributed by atoms with Gasteiger partial charge in [0.1, 0.15) is 5.82 Å². The van der Waals surface area contributed by atoms with E-state index in [0.717, 1.165) is 0 Å². The van der Waals surface area contributed by atoms with Gasteiger partial charge >= 0.3 is 0 Å². The van der Waals surface area contributed by atoms with E-state index in [4.69, 9.17) is 4.74 Å². The van der Waals surface area contributed by atoms with Crippen LogP contribution >= 0.6 is 11.5 Å². The minimum atomic E-state index is -0.382. The summed E-state index contributed by atoms with van der Waals surface area (Å²) in [5.41, 5.74) is 0. The molecule has 0 aliphatic carbocycles. The topological polar surface area (TPSA) is 64.1 Å². The number of carbonyl (C=O) groups excluding carboxylic acids is 1. The summed E-state index contributed by atoms with van der Waals surface area (Å²) in [6.07, 6.45) is 0.324. The highest BCUT2D eigenvalue weighted by atomic mass is 32.1. The van der Waals surface area contributed by atoms with Gasteiger partial charge in [0.25, 0.3) is 11.1 Å². The molecule has 0 aromatic carbocycles. The third-order valence-electron chi connectivity index (χ3n) is 1.75. The Morgan fingerprint density at radius 1 is 1.69 bits per heavy atom. The Morgan fingerprint density at radius 3 is 3.08 bits per heavy atom. The minimum absolute atomic E-state index is 0.0622. The Kier molecular flexibility index (Phi) is 2.13. The van der Waals surface area contributed by atoms with Gasteiger partial charge in [0.15, 0.2) is 6.10 Å². The van der Waals surface area contributed by atoms with Crippen molar-refractivity contribution in [3.63, 3.8) is 0 Å². The Morgan fingerprint density at radius 2 is 2.54 bits per heavy atom. The van der Waals surface area contributed by atoms with Crippen molar-refractivity contribution in [1.29, 1.82) is 0 Å². The molecule has 2 heterocycles. The van der Waals surface area contributed by atoms with Crippen molar-refractivity contribution >= 4 is 17.4 Å². The lowest BCUT2D eigenvalue weighted by Gasteiger charge is -2.05. The van der Waals surface area contributed by atoms with Crippen LogP contribution in [0.3, 0.4) is 0 Å². The fraction of sp³-hybridized carbons (Fsp3) is 0.571. The van der Waals surface area contributed by atoms with Crippen molar-refractivity contribution in [2.24, 2.45) is 0 Å². The van der Waals surface area contributed by atoms with Crippen LogP contribution in [0.5, 0.6) is 5.19 Å². The van der Waals surface area contributed by atoms with Gasteiger partial charge in [-0.3, -0.25) is 4.79 Å². The second-order valence-corrected chi connectivity index (χ2v) is 3.51. The van der Waals surface area contributed by atoms with Crippen molar-refractivity contribution in [1.82, 2.24) is 14.7 Å². The molecule has 0 radical (unpaired) electrons. The fourth-order valence-electron chi connectivity index (χ4n) is 1.13. The SMILES string of the molecule is Cc1nsc(OC2CCNC2=O)n1. The maximum absolute atomic E-state index is 11.1. The summed E-state index contributed by atoms with van der Waals surface area (Å²) >= 11 is 1.18. The minimum Gasteiger partial charge on any atom is -0.455 e. The number of nitrogens with zero attached hydrogens (tertiary/aromatic N) is 2. The number of nitrogens with one attached hydrogen (secondary N) is 1. The van der Waals surface area contributed by atoms with Crippen LogP contribution in [0.2, 0.25) is 0 Å². The number of amides is 1. The van der Waals surface area contributed by atoms with Gasteiger partial charge in [-0.05, 0) is 6.92 Å². The molecule has 1 aromatic rings. The average molecular weight is 199 g/mol. The molecule has 1 unspecified atom stereocenters. The van der Waals surface area contributed by atoms with Crippen LogP contribution in [0, 0.1) is 6.92 Å². The number of aromatic nitrogens is 2. The van der Waals surface area contributed by atoms with E-state index in [0.29, 0.717) is 24.0 Å². The first kappa shape index (κ1) is 8.43. The van der Waals surface area contributed by atoms with Crippen molar-refractivity contribution in [3.05, 3.63) is 5.82 Å². The summed E-state index contributed by atoms with van der Waals surface area (Å²) in [7, 11) is 0. The molecule has 1 amide bonds. The Bertz CT molecular complexity index is 325. The smallest absolute Gasteiger partial charge is 0.293 e. The van der Waals surface area contributed by atoms with E-state index in [9.17, 15) is 4.79 Å². The molecule has 1 atom stereocenters. The maximum Gasteiger partial charge on any atom is 0.293 e. The number of hydrogen-bond acceptors (Lipinski definition) is 5. The summed E-state index contributed by atoms with van der Waals surface area (Å²) in [6.45, 7) is 2.47. The molecule has 1 N–H and O–H groups in total. The first-order valence-corrected chi connectivity index (χ1v) is 4.78. The molecule has 0 saturated carbocycles. The van der Waals surface area contributed by atoms with Crippen molar-refractivity contribution < 1.29 is 9.53 Å². The van der Waals surface area contributed by atoms with Gasteiger partial charge in [-0.2, -0.15) is 9.36 Å². The summed E-state index contributed by atoms with van der Waals surface area (Å²) in [5, 5.41) is 3.16. The van der Waals surface area contributed by atoms with Gasteiger partial charge in [-0.1, -0.05) is 0 Å². The normalized spacial score (nSPS) is 21.6. The lowest BCUT2D eigenvalue weighted by Crippen LogP contribution is -2.27. The highest BCUT2D eigenvalue weighted by Gasteiger charge is 2.26. The molecule has 1 aliphatic rings. The highest BCUT2D eigenvalue weighted by Crippen LogP contribution is 2.17. The molecular weight excluding hydrogens is 190 g/mol. The zero-order valence-electron chi connectivity index (χ0n) is 7.11. The van der Waals surface area contributed by atoms with E-state index in [1.807, 2.05) is 0 Å². The summed E-state index contributed by atoms with van der Waals surface area (Å²) < 4.78 is 9.30.